The lowest BCUT2D eigenvalue weighted by Gasteiger charge is -2.24. The van der Waals surface area contributed by atoms with E-state index in [0.29, 0.717) is 40.1 Å². The third kappa shape index (κ3) is 3.22. The smallest absolute Gasteiger partial charge is 0.190 e. The van der Waals surface area contributed by atoms with E-state index < -0.39 is 6.10 Å². The van der Waals surface area contributed by atoms with Crippen molar-refractivity contribution in [2.45, 2.75) is 18.6 Å². The summed E-state index contributed by atoms with van der Waals surface area (Å²) < 4.78 is 10.9. The van der Waals surface area contributed by atoms with E-state index in [-0.39, 0.29) is 11.5 Å². The van der Waals surface area contributed by atoms with Gasteiger partial charge in [-0.15, -0.1) is 0 Å². The third-order valence-corrected chi connectivity index (χ3v) is 5.97. The van der Waals surface area contributed by atoms with Crippen molar-refractivity contribution in [3.05, 3.63) is 70.3 Å². The number of oxazole rings is 1. The Kier molecular flexibility index (Phi) is 4.64. The molecular weight excluding hydrogens is 394 g/mol. The van der Waals surface area contributed by atoms with Crippen LogP contribution in [0.2, 0.25) is 0 Å². The molecule has 2 atom stereocenters. The fourth-order valence-electron chi connectivity index (χ4n) is 4.53. The highest BCUT2D eigenvalue weighted by Gasteiger charge is 2.32. The Morgan fingerprint density at radius 2 is 2.06 bits per heavy atom. The molecule has 0 radical (unpaired) electrons. The van der Waals surface area contributed by atoms with Gasteiger partial charge in [-0.1, -0.05) is 12.1 Å². The first-order valence-electron chi connectivity index (χ1n) is 10.1. The lowest BCUT2D eigenvalue weighted by Crippen LogP contribution is -2.27. The summed E-state index contributed by atoms with van der Waals surface area (Å²) in [6.07, 6.45) is 3.13. The SMILES string of the molecule is COc1cc2[nH]c(-c3ccc4c(c3)[C@@H](N(C)C)[C@H](O)C4)cc(=O)c2cc1-c1cnco1. The second-order valence-electron chi connectivity index (χ2n) is 8.10. The topological polar surface area (TPSA) is 91.6 Å². The van der Waals surface area contributed by atoms with Gasteiger partial charge in [-0.25, -0.2) is 4.98 Å². The fraction of sp³-hybridized carbons (Fsp3) is 0.250. The zero-order valence-electron chi connectivity index (χ0n) is 17.5. The molecule has 0 spiro atoms. The molecule has 0 saturated carbocycles. The molecule has 0 unspecified atom stereocenters. The number of hydrogen-bond donors (Lipinski definition) is 2. The summed E-state index contributed by atoms with van der Waals surface area (Å²) in [6, 6.07) is 11.2. The highest BCUT2D eigenvalue weighted by atomic mass is 16.5. The van der Waals surface area contributed by atoms with Gasteiger partial charge in [0.15, 0.2) is 17.6 Å². The highest BCUT2D eigenvalue weighted by Crippen LogP contribution is 2.38. The molecular formula is C24H23N3O4. The molecule has 2 aromatic carbocycles. The van der Waals surface area contributed by atoms with Crippen molar-refractivity contribution in [1.82, 2.24) is 14.9 Å². The lowest BCUT2D eigenvalue weighted by molar-refractivity contribution is 0.0902. The number of H-pyrrole nitrogens is 1. The number of nitrogens with zero attached hydrogens (tertiary/aromatic N) is 2. The number of aromatic nitrogens is 2. The van der Waals surface area contributed by atoms with Crippen LogP contribution in [0.15, 0.2) is 58.2 Å². The number of pyridine rings is 1. The van der Waals surface area contributed by atoms with E-state index in [1.54, 1.807) is 31.5 Å². The van der Waals surface area contributed by atoms with Crippen LogP contribution in [0.1, 0.15) is 17.2 Å². The van der Waals surface area contributed by atoms with Gasteiger partial charge in [0, 0.05) is 29.6 Å². The summed E-state index contributed by atoms with van der Waals surface area (Å²) in [6.45, 7) is 0. The number of hydrogen-bond acceptors (Lipinski definition) is 6. The summed E-state index contributed by atoms with van der Waals surface area (Å²) in [5, 5.41) is 11.0. The number of benzene rings is 2. The average molecular weight is 417 g/mol. The van der Waals surface area contributed by atoms with Gasteiger partial charge in [0.25, 0.3) is 0 Å². The minimum absolute atomic E-state index is 0.0633. The van der Waals surface area contributed by atoms with Crippen LogP contribution in [-0.4, -0.2) is 47.3 Å². The van der Waals surface area contributed by atoms with Gasteiger partial charge in [-0.3, -0.25) is 4.79 Å². The molecule has 7 heteroatoms. The van der Waals surface area contributed by atoms with E-state index in [2.05, 4.69) is 16.0 Å². The molecule has 0 bridgehead atoms. The molecule has 2 heterocycles. The zero-order chi connectivity index (χ0) is 21.7. The Bertz CT molecular complexity index is 1320. The zero-order valence-corrected chi connectivity index (χ0v) is 17.5. The minimum atomic E-state index is -0.435. The summed E-state index contributed by atoms with van der Waals surface area (Å²) in [5.41, 5.74) is 5.09. The van der Waals surface area contributed by atoms with E-state index in [1.807, 2.05) is 31.1 Å². The first kappa shape index (κ1) is 19.5. The molecule has 1 aliphatic carbocycles. The molecule has 31 heavy (non-hydrogen) atoms. The quantitative estimate of drug-likeness (QED) is 0.529. The normalized spacial score (nSPS) is 18.0. The van der Waals surface area contributed by atoms with Crippen molar-refractivity contribution >= 4 is 10.9 Å². The van der Waals surface area contributed by atoms with Gasteiger partial charge in [0.2, 0.25) is 0 Å². The molecule has 4 aromatic rings. The van der Waals surface area contributed by atoms with Crippen molar-refractivity contribution in [1.29, 1.82) is 0 Å². The molecule has 0 aliphatic heterocycles. The second kappa shape index (κ2) is 7.37. The summed E-state index contributed by atoms with van der Waals surface area (Å²) in [4.78, 5) is 22.4. The van der Waals surface area contributed by atoms with E-state index in [0.717, 1.165) is 16.7 Å². The number of ether oxygens (including phenoxy) is 1. The fourth-order valence-corrected chi connectivity index (χ4v) is 4.53. The van der Waals surface area contributed by atoms with Crippen molar-refractivity contribution < 1.29 is 14.3 Å². The van der Waals surface area contributed by atoms with Crippen LogP contribution < -0.4 is 10.2 Å². The van der Waals surface area contributed by atoms with Gasteiger partial charge in [0.1, 0.15) is 5.75 Å². The van der Waals surface area contributed by atoms with E-state index >= 15 is 0 Å². The van der Waals surface area contributed by atoms with Gasteiger partial charge in [-0.05, 0) is 42.9 Å². The molecule has 7 nitrogen and oxygen atoms in total. The predicted molar refractivity (Wildman–Crippen MR) is 118 cm³/mol. The molecule has 1 aliphatic rings. The maximum atomic E-state index is 13.0. The van der Waals surface area contributed by atoms with Crippen molar-refractivity contribution in [3.8, 4) is 28.3 Å². The molecule has 2 aromatic heterocycles. The van der Waals surface area contributed by atoms with Crippen molar-refractivity contribution in [3.63, 3.8) is 0 Å². The maximum Gasteiger partial charge on any atom is 0.190 e. The minimum Gasteiger partial charge on any atom is -0.496 e. The summed E-state index contributed by atoms with van der Waals surface area (Å²) in [5.74, 6) is 1.12. The van der Waals surface area contributed by atoms with Gasteiger partial charge in [0.05, 0.1) is 36.5 Å². The number of rotatable bonds is 4. The molecule has 5 rings (SSSR count). The Labute approximate surface area is 178 Å². The number of methoxy groups -OCH3 is 1. The van der Waals surface area contributed by atoms with Crippen LogP contribution in [-0.2, 0) is 6.42 Å². The van der Waals surface area contributed by atoms with Gasteiger partial charge >= 0.3 is 0 Å². The lowest BCUT2D eigenvalue weighted by atomic mass is 10.0. The summed E-state index contributed by atoms with van der Waals surface area (Å²) in [7, 11) is 5.51. The van der Waals surface area contributed by atoms with Crippen LogP contribution in [0.25, 0.3) is 33.5 Å². The Morgan fingerprint density at radius 3 is 2.77 bits per heavy atom. The van der Waals surface area contributed by atoms with Crippen molar-refractivity contribution in [2.75, 3.05) is 21.2 Å². The maximum absolute atomic E-state index is 13.0. The Morgan fingerprint density at radius 1 is 1.23 bits per heavy atom. The standard InChI is InChI=1S/C24H23N3O4/c1-27(2)24-15-6-14(5-4-13(15)7-21(24)29)18-9-20(28)16-8-17(23-11-25-12-31-23)22(30-3)10-19(16)26-18/h4-6,8-12,21,24,29H,7H2,1-3H3,(H,26,28)/t21-,24-/m1/s1. The summed E-state index contributed by atoms with van der Waals surface area (Å²) >= 11 is 0. The number of aliphatic hydroxyl groups is 1. The first-order chi connectivity index (χ1) is 15.0. The molecule has 2 N–H and O–H groups in total. The second-order valence-corrected chi connectivity index (χ2v) is 8.10. The van der Waals surface area contributed by atoms with Crippen LogP contribution >= 0.6 is 0 Å². The van der Waals surface area contributed by atoms with Crippen LogP contribution in [0.5, 0.6) is 5.75 Å². The van der Waals surface area contributed by atoms with E-state index in [1.165, 1.54) is 6.39 Å². The number of fused-ring (bicyclic) bond motifs is 2. The third-order valence-electron chi connectivity index (χ3n) is 5.97. The number of nitrogens with one attached hydrogen (secondary N) is 1. The Hall–Kier alpha value is -3.42. The van der Waals surface area contributed by atoms with E-state index in [4.69, 9.17) is 9.15 Å². The molecule has 0 fully saturated rings. The monoisotopic (exact) mass is 417 g/mol. The molecule has 0 saturated heterocycles. The number of aromatic amines is 1. The average Bonchev–Trinajstić information content (AvgIpc) is 3.39. The van der Waals surface area contributed by atoms with Crippen molar-refractivity contribution in [2.24, 2.45) is 0 Å². The van der Waals surface area contributed by atoms with Gasteiger partial charge < -0.3 is 24.1 Å². The molecule has 158 valence electrons. The Balaban J connectivity index is 1.64. The molecule has 0 amide bonds. The van der Waals surface area contributed by atoms with Gasteiger partial charge in [-0.2, -0.15) is 0 Å². The number of likely N-dealkylation sites (N-methyl/N-ethyl adjacent to an activating group) is 1. The van der Waals surface area contributed by atoms with Crippen LogP contribution in [0, 0.1) is 0 Å². The first-order valence-corrected chi connectivity index (χ1v) is 10.1. The predicted octanol–water partition coefficient (Wildman–Crippen LogP) is 3.38. The van der Waals surface area contributed by atoms with Crippen LogP contribution in [0.3, 0.4) is 0 Å². The largest absolute Gasteiger partial charge is 0.496 e. The van der Waals surface area contributed by atoms with E-state index in [9.17, 15) is 9.90 Å². The number of aliphatic hydroxyl groups excluding tert-OH is 1. The highest BCUT2D eigenvalue weighted by molar-refractivity contribution is 5.88. The van der Waals surface area contributed by atoms with Crippen LogP contribution in [0.4, 0.5) is 0 Å².